The number of unbranched alkanes of at least 4 members (excludes halogenated alkanes) is 1. The van der Waals surface area contributed by atoms with Gasteiger partial charge >= 0.3 is 6.18 Å². The van der Waals surface area contributed by atoms with Gasteiger partial charge in [0.15, 0.2) is 0 Å². The van der Waals surface area contributed by atoms with Crippen LogP contribution < -0.4 is 16.0 Å². The zero-order valence-corrected chi connectivity index (χ0v) is 28.1. The Bertz CT molecular complexity index is 1850. The van der Waals surface area contributed by atoms with E-state index in [0.29, 0.717) is 41.1 Å². The first-order chi connectivity index (χ1) is 24.0. The highest BCUT2D eigenvalue weighted by Gasteiger charge is 2.40. The Hall–Kier alpha value is -4.92. The van der Waals surface area contributed by atoms with Gasteiger partial charge in [-0.15, -0.1) is 0 Å². The molecule has 3 atom stereocenters. The van der Waals surface area contributed by atoms with E-state index in [0.717, 1.165) is 60.9 Å². The molecule has 1 saturated carbocycles. The second-order valence-electron chi connectivity index (χ2n) is 13.5. The third-order valence-electron chi connectivity index (χ3n) is 10.2. The van der Waals surface area contributed by atoms with Gasteiger partial charge in [0.2, 0.25) is 11.8 Å². The Kier molecular flexibility index (Phi) is 10.4. The minimum Gasteiger partial charge on any atom is -0.369 e. The van der Waals surface area contributed by atoms with Crippen LogP contribution in [0.5, 0.6) is 0 Å². The molecule has 0 bridgehead atoms. The Labute approximate surface area is 290 Å². The van der Waals surface area contributed by atoms with E-state index in [2.05, 4.69) is 5.32 Å². The summed E-state index contributed by atoms with van der Waals surface area (Å²) in [5.41, 5.74) is 10.3. The number of hydrogen-bond donors (Lipinski definition) is 2. The number of halogens is 3. The van der Waals surface area contributed by atoms with E-state index >= 15 is 0 Å². The van der Waals surface area contributed by atoms with Gasteiger partial charge in [0.25, 0.3) is 5.91 Å². The van der Waals surface area contributed by atoms with Gasteiger partial charge in [0.05, 0.1) is 17.8 Å². The Morgan fingerprint density at radius 3 is 2.24 bits per heavy atom. The predicted octanol–water partition coefficient (Wildman–Crippen LogP) is 8.84. The lowest BCUT2D eigenvalue weighted by Gasteiger charge is -2.33. The largest absolute Gasteiger partial charge is 0.416 e. The van der Waals surface area contributed by atoms with Gasteiger partial charge in [-0.1, -0.05) is 112 Å². The SMILES string of the molecule is CCCCC(C(N)=O)C(CC1CCC1)C(=O)NC1C(=O)N(Cc2cccc(-c3ccc(C(F)(F)F)cc3)c2)c2ccccc2-c2ccccc21. The third-order valence-corrected chi connectivity index (χ3v) is 10.2. The van der Waals surface area contributed by atoms with Crippen LogP contribution in [0.3, 0.4) is 0 Å². The van der Waals surface area contributed by atoms with E-state index in [4.69, 9.17) is 5.73 Å². The maximum absolute atomic E-state index is 14.8. The van der Waals surface area contributed by atoms with Gasteiger partial charge in [-0.25, -0.2) is 0 Å². The molecule has 4 aromatic carbocycles. The van der Waals surface area contributed by atoms with Crippen LogP contribution in [0.4, 0.5) is 18.9 Å². The van der Waals surface area contributed by atoms with Gasteiger partial charge < -0.3 is 16.0 Å². The molecule has 3 amide bonds. The first-order valence-electron chi connectivity index (χ1n) is 17.4. The van der Waals surface area contributed by atoms with E-state index in [-0.39, 0.29) is 18.4 Å². The number of hydrogen-bond acceptors (Lipinski definition) is 3. The summed E-state index contributed by atoms with van der Waals surface area (Å²) in [4.78, 5) is 43.6. The normalized spacial score (nSPS) is 17.2. The van der Waals surface area contributed by atoms with Crippen LogP contribution >= 0.6 is 0 Å². The van der Waals surface area contributed by atoms with Crippen molar-refractivity contribution in [2.45, 2.75) is 70.6 Å². The number of nitrogens with zero attached hydrogens (tertiary/aromatic N) is 1. The number of carbonyl (C=O) groups is 3. The Morgan fingerprint density at radius 2 is 1.58 bits per heavy atom. The smallest absolute Gasteiger partial charge is 0.369 e. The van der Waals surface area contributed by atoms with Crippen molar-refractivity contribution in [3.63, 3.8) is 0 Å². The van der Waals surface area contributed by atoms with Crippen LogP contribution in [0.2, 0.25) is 0 Å². The van der Waals surface area contributed by atoms with Crippen molar-refractivity contribution in [3.05, 3.63) is 114 Å². The Balaban J connectivity index is 1.35. The second-order valence-corrected chi connectivity index (χ2v) is 13.5. The zero-order valence-electron chi connectivity index (χ0n) is 28.1. The number of benzene rings is 4. The van der Waals surface area contributed by atoms with Crippen LogP contribution in [0.25, 0.3) is 22.3 Å². The fourth-order valence-electron chi connectivity index (χ4n) is 7.28. The highest BCUT2D eigenvalue weighted by atomic mass is 19.4. The summed E-state index contributed by atoms with van der Waals surface area (Å²) in [6.45, 7) is 2.18. The third kappa shape index (κ3) is 7.47. The summed E-state index contributed by atoms with van der Waals surface area (Å²) in [6.07, 6.45) is 1.36. The molecule has 0 radical (unpaired) electrons. The first kappa shape index (κ1) is 34.9. The molecular weight excluding hydrogens is 639 g/mol. The molecule has 4 aromatic rings. The van der Waals surface area contributed by atoms with Crippen molar-refractivity contribution in [3.8, 4) is 22.3 Å². The first-order valence-corrected chi connectivity index (χ1v) is 17.4. The van der Waals surface area contributed by atoms with Crippen LogP contribution in [0.1, 0.15) is 74.6 Å². The summed E-state index contributed by atoms with van der Waals surface area (Å²) in [6, 6.07) is 26.5. The number of amides is 3. The summed E-state index contributed by atoms with van der Waals surface area (Å²) in [5, 5.41) is 3.11. The number of para-hydroxylation sites is 1. The van der Waals surface area contributed by atoms with Crippen molar-refractivity contribution >= 4 is 23.4 Å². The molecule has 0 aromatic heterocycles. The lowest BCUT2D eigenvalue weighted by molar-refractivity contribution is -0.137. The monoisotopic (exact) mass is 681 g/mol. The lowest BCUT2D eigenvalue weighted by atomic mass is 9.73. The molecule has 1 fully saturated rings. The number of anilines is 1. The average molecular weight is 682 g/mol. The van der Waals surface area contributed by atoms with Gasteiger partial charge in [-0.05, 0) is 70.8 Å². The fraction of sp³-hybridized carbons (Fsp3) is 0.341. The molecule has 260 valence electrons. The van der Waals surface area contributed by atoms with Crippen molar-refractivity contribution < 1.29 is 27.6 Å². The average Bonchev–Trinajstić information content (AvgIpc) is 3.18. The molecule has 1 heterocycles. The molecule has 3 N–H and O–H groups in total. The predicted molar refractivity (Wildman–Crippen MR) is 188 cm³/mol. The zero-order chi connectivity index (χ0) is 35.4. The van der Waals surface area contributed by atoms with E-state index < -0.39 is 35.5 Å². The van der Waals surface area contributed by atoms with Gasteiger partial charge in [-0.3, -0.25) is 14.4 Å². The highest BCUT2D eigenvalue weighted by molar-refractivity contribution is 6.06. The molecular formula is C41H42F3N3O3. The number of fused-ring (bicyclic) bond motifs is 3. The van der Waals surface area contributed by atoms with Crippen LogP contribution in [0, 0.1) is 17.8 Å². The molecule has 6 rings (SSSR count). The second kappa shape index (κ2) is 14.9. The molecule has 3 unspecified atom stereocenters. The van der Waals surface area contributed by atoms with E-state index in [1.807, 2.05) is 79.7 Å². The number of primary amides is 1. The topological polar surface area (TPSA) is 92.5 Å². The molecule has 2 aliphatic rings. The van der Waals surface area contributed by atoms with Crippen LogP contribution in [-0.4, -0.2) is 17.7 Å². The molecule has 6 nitrogen and oxygen atoms in total. The van der Waals surface area contributed by atoms with Crippen molar-refractivity contribution in [1.29, 1.82) is 0 Å². The fourth-order valence-corrected chi connectivity index (χ4v) is 7.28. The summed E-state index contributed by atoms with van der Waals surface area (Å²) in [7, 11) is 0. The summed E-state index contributed by atoms with van der Waals surface area (Å²) < 4.78 is 39.6. The van der Waals surface area contributed by atoms with Crippen LogP contribution in [0.15, 0.2) is 97.1 Å². The molecule has 1 aliphatic carbocycles. The maximum Gasteiger partial charge on any atom is 0.416 e. The number of nitrogens with one attached hydrogen (secondary N) is 1. The minimum atomic E-state index is -4.43. The maximum atomic E-state index is 14.8. The van der Waals surface area contributed by atoms with Crippen LogP contribution in [-0.2, 0) is 27.1 Å². The quantitative estimate of drug-likeness (QED) is 0.157. The van der Waals surface area contributed by atoms with Gasteiger partial charge in [0, 0.05) is 17.4 Å². The van der Waals surface area contributed by atoms with E-state index in [1.54, 1.807) is 4.90 Å². The number of rotatable bonds is 12. The Morgan fingerprint density at radius 1 is 0.880 bits per heavy atom. The summed E-state index contributed by atoms with van der Waals surface area (Å²) >= 11 is 0. The molecule has 50 heavy (non-hydrogen) atoms. The number of nitrogens with two attached hydrogens (primary N) is 1. The van der Waals surface area contributed by atoms with E-state index in [1.165, 1.54) is 12.1 Å². The molecule has 9 heteroatoms. The van der Waals surface area contributed by atoms with Crippen molar-refractivity contribution in [1.82, 2.24) is 5.32 Å². The van der Waals surface area contributed by atoms with Gasteiger partial charge in [0.1, 0.15) is 6.04 Å². The van der Waals surface area contributed by atoms with Gasteiger partial charge in [-0.2, -0.15) is 13.2 Å². The lowest BCUT2D eigenvalue weighted by Crippen LogP contribution is -2.47. The number of carbonyl (C=O) groups excluding carboxylic acids is 3. The standard InChI is InChI=1S/C41H42F3N3O3/c1-2-3-14-34(38(45)48)35(24-26-10-8-11-26)39(49)46-37-33-17-5-4-15-31(33)32-16-6-7-18-36(32)47(40(37)50)25-27-12-9-13-29(23-27)28-19-21-30(22-20-28)41(42,43)44/h4-7,9,12-13,15-23,26,34-35,37H,2-3,8,10-11,14,24-25H2,1H3,(H2,45,48)(H,46,49). The molecule has 1 aliphatic heterocycles. The van der Waals surface area contributed by atoms with E-state index in [9.17, 15) is 27.6 Å². The number of alkyl halides is 3. The minimum absolute atomic E-state index is 0.149. The summed E-state index contributed by atoms with van der Waals surface area (Å²) in [5.74, 6) is -2.12. The van der Waals surface area contributed by atoms with Crippen molar-refractivity contribution in [2.75, 3.05) is 4.90 Å². The highest BCUT2D eigenvalue weighted by Crippen LogP contribution is 2.42. The molecule has 0 spiro atoms. The van der Waals surface area contributed by atoms with Crippen molar-refractivity contribution in [2.24, 2.45) is 23.5 Å². The molecule has 0 saturated heterocycles.